The molecular weight excluding hydrogens is 283 g/mol. The molecule has 1 saturated heterocycles. The van der Waals surface area contributed by atoms with Gasteiger partial charge in [-0.3, -0.25) is 9.59 Å². The van der Waals surface area contributed by atoms with Gasteiger partial charge in [-0.1, -0.05) is 0 Å². The van der Waals surface area contributed by atoms with Gasteiger partial charge in [-0.05, 0) is 26.8 Å². The number of ketones is 1. The number of halogens is 3. The van der Waals surface area contributed by atoms with Gasteiger partial charge in [0.1, 0.15) is 5.92 Å². The average molecular weight is 299 g/mol. The maximum atomic E-state index is 11.3. The van der Waals surface area contributed by atoms with Crippen LogP contribution in [0.2, 0.25) is 0 Å². The molecule has 1 fully saturated rings. The molecule has 1 aliphatic heterocycles. The Morgan fingerprint density at radius 1 is 1.40 bits per heavy atom. The summed E-state index contributed by atoms with van der Waals surface area (Å²) in [5, 5.41) is 10.0. The van der Waals surface area contributed by atoms with Crippen LogP contribution in [0, 0.1) is 5.92 Å². The van der Waals surface area contributed by atoms with Crippen LogP contribution in [0.4, 0.5) is 13.2 Å². The highest BCUT2D eigenvalue weighted by atomic mass is 19.4. The number of carboxylic acids is 1. The van der Waals surface area contributed by atoms with Crippen molar-refractivity contribution in [2.75, 3.05) is 13.1 Å². The third-order valence-electron chi connectivity index (χ3n) is 2.18. The van der Waals surface area contributed by atoms with Crippen molar-refractivity contribution in [2.24, 2.45) is 5.92 Å². The van der Waals surface area contributed by atoms with Crippen LogP contribution in [-0.2, 0) is 19.1 Å². The molecule has 9 heteroatoms. The lowest BCUT2D eigenvalue weighted by atomic mass is 9.97. The third kappa shape index (κ3) is 7.07. The number of nitrogens with one attached hydrogen (secondary N) is 1. The number of rotatable bonds is 2. The fraction of sp³-hybridized carbons (Fsp3) is 0.727. The van der Waals surface area contributed by atoms with E-state index in [1.807, 2.05) is 0 Å². The van der Waals surface area contributed by atoms with E-state index >= 15 is 0 Å². The first-order valence-corrected chi connectivity index (χ1v) is 5.79. The molecule has 0 aliphatic carbocycles. The molecule has 1 atom stereocenters. The molecule has 20 heavy (non-hydrogen) atoms. The SMILES string of the molecule is CC(C)OC(=O)C1CCNCC1=O.O=C(O)C(F)(F)F. The Morgan fingerprint density at radius 3 is 2.25 bits per heavy atom. The van der Waals surface area contributed by atoms with Gasteiger partial charge in [-0.25, -0.2) is 4.79 Å². The normalized spacial score (nSPS) is 19.1. The number of hydrogen-bond donors (Lipinski definition) is 2. The average Bonchev–Trinajstić information content (AvgIpc) is 2.27. The van der Waals surface area contributed by atoms with Crippen molar-refractivity contribution in [3.05, 3.63) is 0 Å². The van der Waals surface area contributed by atoms with Gasteiger partial charge in [0.2, 0.25) is 0 Å². The van der Waals surface area contributed by atoms with Crippen LogP contribution in [0.25, 0.3) is 0 Å². The van der Waals surface area contributed by atoms with E-state index in [0.29, 0.717) is 13.0 Å². The Bertz CT molecular complexity index is 368. The van der Waals surface area contributed by atoms with E-state index in [2.05, 4.69) is 5.32 Å². The Balaban J connectivity index is 0.000000441. The van der Waals surface area contributed by atoms with Gasteiger partial charge < -0.3 is 15.2 Å². The smallest absolute Gasteiger partial charge is 0.475 e. The van der Waals surface area contributed by atoms with Crippen LogP contribution >= 0.6 is 0 Å². The van der Waals surface area contributed by atoms with Crippen LogP contribution < -0.4 is 5.32 Å². The van der Waals surface area contributed by atoms with E-state index in [0.717, 1.165) is 0 Å². The Labute approximate surface area is 113 Å². The lowest BCUT2D eigenvalue weighted by molar-refractivity contribution is -0.192. The lowest BCUT2D eigenvalue weighted by Crippen LogP contribution is -2.41. The standard InChI is InChI=1S/C9H15NO3.C2HF3O2/c1-6(2)13-9(12)7-3-4-10-5-8(7)11;3-2(4,5)1(6)7/h6-7,10H,3-5H2,1-2H3;(H,6,7). The first-order chi connectivity index (χ1) is 9.05. The number of esters is 1. The number of piperidine rings is 1. The summed E-state index contributed by atoms with van der Waals surface area (Å²) < 4.78 is 36.7. The molecule has 0 radical (unpaired) electrons. The number of carbonyl (C=O) groups excluding carboxylic acids is 2. The van der Waals surface area contributed by atoms with E-state index in [4.69, 9.17) is 14.6 Å². The third-order valence-corrected chi connectivity index (χ3v) is 2.18. The highest BCUT2D eigenvalue weighted by molar-refractivity contribution is 6.00. The molecule has 6 nitrogen and oxygen atoms in total. The molecule has 1 unspecified atom stereocenters. The van der Waals surface area contributed by atoms with E-state index in [1.165, 1.54) is 0 Å². The van der Waals surface area contributed by atoms with Crippen molar-refractivity contribution in [1.82, 2.24) is 5.32 Å². The van der Waals surface area contributed by atoms with Gasteiger partial charge in [-0.2, -0.15) is 13.2 Å². The summed E-state index contributed by atoms with van der Waals surface area (Å²) in [4.78, 5) is 31.5. The molecular formula is C11H16F3NO5. The second-order valence-electron chi connectivity index (χ2n) is 4.27. The second kappa shape index (κ2) is 7.83. The van der Waals surface area contributed by atoms with Crippen molar-refractivity contribution >= 4 is 17.7 Å². The minimum Gasteiger partial charge on any atom is -0.475 e. The minimum absolute atomic E-state index is 0.0584. The largest absolute Gasteiger partial charge is 0.490 e. The second-order valence-corrected chi connectivity index (χ2v) is 4.27. The van der Waals surface area contributed by atoms with Gasteiger partial charge in [0.05, 0.1) is 12.6 Å². The number of ether oxygens (including phenoxy) is 1. The number of carbonyl (C=O) groups is 3. The summed E-state index contributed by atoms with van der Waals surface area (Å²) in [6.45, 7) is 4.56. The number of alkyl halides is 3. The fourth-order valence-corrected chi connectivity index (χ4v) is 1.31. The molecule has 0 spiro atoms. The molecule has 0 bridgehead atoms. The molecule has 1 rings (SSSR count). The van der Waals surface area contributed by atoms with Crippen LogP contribution in [0.15, 0.2) is 0 Å². The number of Topliss-reactive ketones (excluding diaryl/α,β-unsaturated/α-hetero) is 1. The monoisotopic (exact) mass is 299 g/mol. The van der Waals surface area contributed by atoms with Gasteiger partial charge in [0.25, 0.3) is 0 Å². The first kappa shape index (κ1) is 18.4. The predicted octanol–water partition coefficient (Wildman–Crippen LogP) is 0.750. The molecule has 0 aromatic carbocycles. The number of aliphatic carboxylic acids is 1. The van der Waals surface area contributed by atoms with Gasteiger partial charge in [0, 0.05) is 0 Å². The summed E-state index contributed by atoms with van der Waals surface area (Å²) in [6.07, 6.45) is -4.67. The summed E-state index contributed by atoms with van der Waals surface area (Å²) in [7, 11) is 0. The molecule has 0 amide bonds. The zero-order valence-electron chi connectivity index (χ0n) is 11.0. The van der Waals surface area contributed by atoms with Gasteiger partial charge >= 0.3 is 18.1 Å². The summed E-state index contributed by atoms with van der Waals surface area (Å²) in [5.41, 5.74) is 0. The molecule has 116 valence electrons. The van der Waals surface area contributed by atoms with Crippen molar-refractivity contribution in [2.45, 2.75) is 32.5 Å². The molecule has 0 aromatic rings. The highest BCUT2D eigenvalue weighted by Crippen LogP contribution is 2.13. The van der Waals surface area contributed by atoms with Gasteiger partial charge in [0.15, 0.2) is 5.78 Å². The van der Waals surface area contributed by atoms with Crippen LogP contribution in [0.5, 0.6) is 0 Å². The van der Waals surface area contributed by atoms with Crippen LogP contribution in [0.1, 0.15) is 20.3 Å². The maximum Gasteiger partial charge on any atom is 0.490 e. The van der Waals surface area contributed by atoms with Crippen molar-refractivity contribution in [3.8, 4) is 0 Å². The first-order valence-electron chi connectivity index (χ1n) is 5.79. The van der Waals surface area contributed by atoms with Crippen molar-refractivity contribution in [3.63, 3.8) is 0 Å². The molecule has 2 N–H and O–H groups in total. The Kier molecular flexibility index (Phi) is 7.19. The molecule has 0 aromatic heterocycles. The summed E-state index contributed by atoms with van der Waals surface area (Å²) in [6, 6.07) is 0. The van der Waals surface area contributed by atoms with Crippen LogP contribution in [0.3, 0.4) is 0 Å². The molecule has 1 heterocycles. The summed E-state index contributed by atoms with van der Waals surface area (Å²) >= 11 is 0. The maximum absolute atomic E-state index is 11.3. The topological polar surface area (TPSA) is 92.7 Å². The van der Waals surface area contributed by atoms with Crippen molar-refractivity contribution < 1.29 is 37.4 Å². The highest BCUT2D eigenvalue weighted by Gasteiger charge is 2.38. The lowest BCUT2D eigenvalue weighted by Gasteiger charge is -2.20. The van der Waals surface area contributed by atoms with E-state index in [9.17, 15) is 22.8 Å². The van der Waals surface area contributed by atoms with Crippen molar-refractivity contribution in [1.29, 1.82) is 0 Å². The Morgan fingerprint density at radius 2 is 1.90 bits per heavy atom. The number of carboxylic acid groups (broad SMARTS) is 1. The summed E-state index contributed by atoms with van der Waals surface area (Å²) in [5.74, 6) is -3.73. The van der Waals surface area contributed by atoms with E-state index in [-0.39, 0.29) is 24.4 Å². The quantitative estimate of drug-likeness (QED) is 0.577. The zero-order chi connectivity index (χ0) is 15.9. The Hall–Kier alpha value is -1.64. The minimum atomic E-state index is -5.08. The van der Waals surface area contributed by atoms with E-state index < -0.39 is 18.1 Å². The molecule has 1 aliphatic rings. The number of hydrogen-bond acceptors (Lipinski definition) is 5. The van der Waals surface area contributed by atoms with Gasteiger partial charge in [-0.15, -0.1) is 0 Å². The zero-order valence-corrected chi connectivity index (χ0v) is 11.0. The van der Waals surface area contributed by atoms with E-state index in [1.54, 1.807) is 13.8 Å². The predicted molar refractivity (Wildman–Crippen MR) is 60.9 cm³/mol. The van der Waals surface area contributed by atoms with Crippen LogP contribution in [-0.4, -0.2) is 48.2 Å². The molecule has 0 saturated carbocycles. The fourth-order valence-electron chi connectivity index (χ4n) is 1.31.